The Morgan fingerprint density at radius 3 is 2.16 bits per heavy atom. The van der Waals surface area contributed by atoms with E-state index < -0.39 is 11.2 Å². The number of halogens is 1. The van der Waals surface area contributed by atoms with Gasteiger partial charge in [0.2, 0.25) is 0 Å². The van der Waals surface area contributed by atoms with E-state index in [1.54, 1.807) is 33.2 Å². The highest BCUT2D eigenvalue weighted by Gasteiger charge is 2.24. The maximum Gasteiger partial charge on any atom is 0.332 e. The third kappa shape index (κ3) is 3.89. The van der Waals surface area contributed by atoms with E-state index in [1.807, 2.05) is 30.3 Å². The Labute approximate surface area is 187 Å². The van der Waals surface area contributed by atoms with Crippen LogP contribution in [0.25, 0.3) is 10.2 Å². The molecule has 4 rings (SSSR count). The van der Waals surface area contributed by atoms with Crippen molar-refractivity contribution in [2.45, 2.75) is 20.0 Å². The Balaban J connectivity index is 1.98. The van der Waals surface area contributed by atoms with Crippen LogP contribution in [0, 0.1) is 12.7 Å². The SMILES string of the molecule is Cc1c(C(=O)N(C)C)sc2c1c(=O)n(Cc1ccccc1)c(=O)n2Cc1ccc(F)cc1. The lowest BCUT2D eigenvalue weighted by atomic mass is 10.2. The third-order valence-corrected chi connectivity index (χ3v) is 6.63. The first-order valence-electron chi connectivity index (χ1n) is 10.0. The van der Waals surface area contributed by atoms with Gasteiger partial charge < -0.3 is 4.90 Å². The second kappa shape index (κ2) is 8.55. The minimum Gasteiger partial charge on any atom is -0.344 e. The van der Waals surface area contributed by atoms with Gasteiger partial charge in [0.05, 0.1) is 23.4 Å². The molecule has 0 fully saturated rings. The molecule has 32 heavy (non-hydrogen) atoms. The average molecular weight is 452 g/mol. The molecule has 0 unspecified atom stereocenters. The Morgan fingerprint density at radius 1 is 0.938 bits per heavy atom. The molecule has 164 valence electrons. The normalized spacial score (nSPS) is 11.1. The van der Waals surface area contributed by atoms with Crippen molar-refractivity contribution >= 4 is 27.5 Å². The number of nitrogens with zero attached hydrogens (tertiary/aromatic N) is 3. The van der Waals surface area contributed by atoms with Crippen LogP contribution in [0.4, 0.5) is 4.39 Å². The molecule has 0 saturated heterocycles. The number of fused-ring (bicyclic) bond motifs is 1. The molecule has 0 saturated carbocycles. The first-order valence-corrected chi connectivity index (χ1v) is 10.9. The van der Waals surface area contributed by atoms with E-state index in [0.29, 0.717) is 26.2 Å². The quantitative estimate of drug-likeness (QED) is 0.467. The van der Waals surface area contributed by atoms with Gasteiger partial charge >= 0.3 is 5.69 Å². The number of thiophene rings is 1. The molecule has 8 heteroatoms. The summed E-state index contributed by atoms with van der Waals surface area (Å²) in [6.45, 7) is 2.00. The molecule has 0 aliphatic rings. The Bertz CT molecular complexity index is 1420. The summed E-state index contributed by atoms with van der Waals surface area (Å²) in [5.41, 5.74) is 1.20. The van der Waals surface area contributed by atoms with Crippen molar-refractivity contribution in [3.05, 3.63) is 103 Å². The van der Waals surface area contributed by atoms with Crippen molar-refractivity contribution in [1.29, 1.82) is 0 Å². The van der Waals surface area contributed by atoms with Crippen LogP contribution < -0.4 is 11.2 Å². The van der Waals surface area contributed by atoms with E-state index in [2.05, 4.69) is 0 Å². The minimum absolute atomic E-state index is 0.115. The molecule has 0 spiro atoms. The molecule has 0 aliphatic carbocycles. The highest BCUT2D eigenvalue weighted by Crippen LogP contribution is 2.29. The van der Waals surface area contributed by atoms with E-state index in [0.717, 1.165) is 16.9 Å². The number of hydrogen-bond acceptors (Lipinski definition) is 4. The Morgan fingerprint density at radius 2 is 1.53 bits per heavy atom. The van der Waals surface area contributed by atoms with Gasteiger partial charge in [-0.05, 0) is 35.7 Å². The molecule has 2 aromatic carbocycles. The fourth-order valence-electron chi connectivity index (χ4n) is 3.62. The standard InChI is InChI=1S/C24H22FN3O3S/c1-15-19-21(29)27(13-16-7-5-4-6-8-16)24(31)28(14-17-9-11-18(25)12-10-17)23(19)32-20(15)22(30)26(2)3/h4-12H,13-14H2,1-3H3. The van der Waals surface area contributed by atoms with Crippen LogP contribution in [0.15, 0.2) is 64.2 Å². The number of carbonyl (C=O) groups is 1. The average Bonchev–Trinajstić information content (AvgIpc) is 3.12. The zero-order valence-electron chi connectivity index (χ0n) is 18.0. The largest absolute Gasteiger partial charge is 0.344 e. The molecule has 2 heterocycles. The van der Waals surface area contributed by atoms with E-state index in [4.69, 9.17) is 0 Å². The van der Waals surface area contributed by atoms with Crippen LogP contribution in [0.1, 0.15) is 26.4 Å². The van der Waals surface area contributed by atoms with Crippen molar-refractivity contribution in [2.75, 3.05) is 14.1 Å². The van der Waals surface area contributed by atoms with Crippen LogP contribution in [0.3, 0.4) is 0 Å². The lowest BCUT2D eigenvalue weighted by Crippen LogP contribution is -2.40. The third-order valence-electron chi connectivity index (χ3n) is 5.33. The smallest absolute Gasteiger partial charge is 0.332 e. The van der Waals surface area contributed by atoms with Gasteiger partial charge in [0.15, 0.2) is 0 Å². The fraction of sp³-hybridized carbons (Fsp3) is 0.208. The maximum absolute atomic E-state index is 13.5. The second-order valence-corrected chi connectivity index (χ2v) is 8.81. The number of aryl methyl sites for hydroxylation is 1. The molecule has 0 bridgehead atoms. The van der Waals surface area contributed by atoms with Crippen LogP contribution in [-0.2, 0) is 13.1 Å². The van der Waals surface area contributed by atoms with Gasteiger partial charge in [-0.1, -0.05) is 42.5 Å². The molecule has 2 aromatic heterocycles. The molecule has 6 nitrogen and oxygen atoms in total. The fourth-order valence-corrected chi connectivity index (χ4v) is 4.93. The summed E-state index contributed by atoms with van der Waals surface area (Å²) in [4.78, 5) is 41.9. The highest BCUT2D eigenvalue weighted by atomic mass is 32.1. The van der Waals surface area contributed by atoms with Gasteiger partial charge in [0, 0.05) is 14.1 Å². The van der Waals surface area contributed by atoms with Crippen molar-refractivity contribution in [3.63, 3.8) is 0 Å². The van der Waals surface area contributed by atoms with Crippen LogP contribution >= 0.6 is 11.3 Å². The lowest BCUT2D eigenvalue weighted by molar-refractivity contribution is 0.0831. The second-order valence-electron chi connectivity index (χ2n) is 7.81. The summed E-state index contributed by atoms with van der Waals surface area (Å²) < 4.78 is 16.1. The highest BCUT2D eigenvalue weighted by molar-refractivity contribution is 7.20. The summed E-state index contributed by atoms with van der Waals surface area (Å²) in [5, 5.41) is 0.359. The zero-order valence-corrected chi connectivity index (χ0v) is 18.8. The lowest BCUT2D eigenvalue weighted by Gasteiger charge is -2.12. The van der Waals surface area contributed by atoms with Gasteiger partial charge in [0.1, 0.15) is 10.6 Å². The van der Waals surface area contributed by atoms with Gasteiger partial charge in [-0.25, -0.2) is 9.18 Å². The summed E-state index contributed by atoms with van der Waals surface area (Å²) in [7, 11) is 3.29. The Kier molecular flexibility index (Phi) is 5.80. The van der Waals surface area contributed by atoms with E-state index in [-0.39, 0.29) is 24.8 Å². The van der Waals surface area contributed by atoms with Crippen LogP contribution in [0.5, 0.6) is 0 Å². The maximum atomic E-state index is 13.5. The van der Waals surface area contributed by atoms with Crippen LogP contribution in [0.2, 0.25) is 0 Å². The van der Waals surface area contributed by atoms with E-state index in [9.17, 15) is 18.8 Å². The van der Waals surface area contributed by atoms with Crippen molar-refractivity contribution in [1.82, 2.24) is 14.0 Å². The number of amides is 1. The van der Waals surface area contributed by atoms with Gasteiger partial charge in [-0.3, -0.25) is 18.7 Å². The van der Waals surface area contributed by atoms with Crippen molar-refractivity contribution in [3.8, 4) is 0 Å². The number of aromatic nitrogens is 2. The molecule has 0 radical (unpaired) electrons. The molecule has 0 aliphatic heterocycles. The summed E-state index contributed by atoms with van der Waals surface area (Å²) in [5.74, 6) is -0.593. The van der Waals surface area contributed by atoms with Crippen molar-refractivity contribution < 1.29 is 9.18 Å². The minimum atomic E-state index is -0.471. The van der Waals surface area contributed by atoms with Gasteiger partial charge in [-0.2, -0.15) is 0 Å². The van der Waals surface area contributed by atoms with Gasteiger partial charge in [0.25, 0.3) is 11.5 Å². The first kappa shape index (κ1) is 21.7. The molecule has 0 atom stereocenters. The summed E-state index contributed by atoms with van der Waals surface area (Å²) >= 11 is 1.14. The van der Waals surface area contributed by atoms with E-state index >= 15 is 0 Å². The van der Waals surface area contributed by atoms with E-state index in [1.165, 1.54) is 26.2 Å². The number of benzene rings is 2. The monoisotopic (exact) mass is 451 g/mol. The van der Waals surface area contributed by atoms with Gasteiger partial charge in [-0.15, -0.1) is 11.3 Å². The number of hydrogen-bond donors (Lipinski definition) is 0. The molecule has 0 N–H and O–H groups in total. The Hall–Kier alpha value is -3.52. The summed E-state index contributed by atoms with van der Waals surface area (Å²) in [6, 6.07) is 15.1. The predicted molar refractivity (Wildman–Crippen MR) is 124 cm³/mol. The van der Waals surface area contributed by atoms with Crippen molar-refractivity contribution in [2.24, 2.45) is 0 Å². The predicted octanol–water partition coefficient (Wildman–Crippen LogP) is 3.47. The molecular weight excluding hydrogens is 429 g/mol. The summed E-state index contributed by atoms with van der Waals surface area (Å²) in [6.07, 6.45) is 0. The number of rotatable bonds is 5. The molecule has 1 amide bonds. The van der Waals surface area contributed by atoms with Crippen LogP contribution in [-0.4, -0.2) is 34.0 Å². The molecular formula is C24H22FN3O3S. The number of carbonyl (C=O) groups excluding carboxylic acids is 1. The molecule has 4 aromatic rings. The first-order chi connectivity index (χ1) is 15.3. The topological polar surface area (TPSA) is 64.3 Å². The zero-order chi connectivity index (χ0) is 23.0.